The standard InChI is InChI=1S/C25H32F3N3O4S2/c1-17(29-19-15-35-16-19)13-21-14-30(37(33,34)23-6-4-3-5-22(23)36)11-12-31(21)20-9-7-18(8-10-20)24(2,32)25(26,27)28/h3-4,6-10,17,19,21,29,32H,5,11-16H2,1-2H3/t17-,21-,24-/m0/s1. The van der Waals surface area contributed by atoms with Gasteiger partial charge in [-0.1, -0.05) is 36.5 Å². The number of nitrogens with one attached hydrogen (secondary N) is 1. The number of allylic oxidation sites excluding steroid dienone is 4. The van der Waals surface area contributed by atoms with E-state index in [0.717, 1.165) is 6.92 Å². The molecule has 1 aromatic rings. The molecular weight excluding hydrogens is 527 g/mol. The van der Waals surface area contributed by atoms with Gasteiger partial charge < -0.3 is 20.1 Å². The van der Waals surface area contributed by atoms with Gasteiger partial charge in [0, 0.05) is 48.7 Å². The van der Waals surface area contributed by atoms with Crippen LogP contribution in [0.15, 0.2) is 47.4 Å². The Morgan fingerprint density at radius 1 is 1.22 bits per heavy atom. The highest BCUT2D eigenvalue weighted by Crippen LogP contribution is 2.39. The van der Waals surface area contributed by atoms with Crippen LogP contribution in [0, 0.1) is 0 Å². The molecule has 2 saturated heterocycles. The number of ether oxygens (including phenoxy) is 1. The first-order valence-corrected chi connectivity index (χ1v) is 14.1. The highest BCUT2D eigenvalue weighted by atomic mass is 32.2. The number of alkyl halides is 3. The number of aliphatic hydroxyl groups is 1. The van der Waals surface area contributed by atoms with Gasteiger partial charge in [-0.15, -0.1) is 0 Å². The molecule has 3 atom stereocenters. The molecule has 2 fully saturated rings. The van der Waals surface area contributed by atoms with Gasteiger partial charge in [0.1, 0.15) is 0 Å². The lowest BCUT2D eigenvalue weighted by Crippen LogP contribution is -2.58. The molecule has 7 nitrogen and oxygen atoms in total. The predicted molar refractivity (Wildman–Crippen MR) is 140 cm³/mol. The Hall–Kier alpha value is -1.83. The Balaban J connectivity index is 1.57. The maximum atomic E-state index is 13.5. The smallest absolute Gasteiger partial charge is 0.378 e. The normalized spacial score (nSPS) is 24.4. The summed E-state index contributed by atoms with van der Waals surface area (Å²) in [5.41, 5.74) is -2.56. The average Bonchev–Trinajstić information content (AvgIpc) is 2.81. The van der Waals surface area contributed by atoms with Crippen molar-refractivity contribution in [1.29, 1.82) is 0 Å². The number of benzene rings is 1. The van der Waals surface area contributed by atoms with Crippen molar-refractivity contribution in [2.75, 3.05) is 37.7 Å². The summed E-state index contributed by atoms with van der Waals surface area (Å²) < 4.78 is 73.5. The van der Waals surface area contributed by atoms with Crippen LogP contribution in [0.3, 0.4) is 0 Å². The van der Waals surface area contributed by atoms with E-state index in [1.807, 2.05) is 17.9 Å². The van der Waals surface area contributed by atoms with Crippen LogP contribution in [0.4, 0.5) is 18.9 Å². The fourth-order valence-corrected chi connectivity index (χ4v) is 6.90. The number of thiocarbonyl (C=S) groups is 1. The maximum absolute atomic E-state index is 13.5. The number of anilines is 1. The average molecular weight is 560 g/mol. The van der Waals surface area contributed by atoms with Crippen LogP contribution in [0.2, 0.25) is 0 Å². The third-order valence-electron chi connectivity index (χ3n) is 7.12. The summed E-state index contributed by atoms with van der Waals surface area (Å²) >= 11 is 5.32. The van der Waals surface area contributed by atoms with Crippen LogP contribution in [0.25, 0.3) is 0 Å². The zero-order valence-electron chi connectivity index (χ0n) is 20.7. The molecule has 37 heavy (non-hydrogen) atoms. The predicted octanol–water partition coefficient (Wildman–Crippen LogP) is 3.26. The Morgan fingerprint density at radius 2 is 1.89 bits per heavy atom. The molecule has 2 N–H and O–H groups in total. The molecule has 0 unspecified atom stereocenters. The fourth-order valence-electron chi connectivity index (χ4n) is 4.83. The van der Waals surface area contributed by atoms with Crippen molar-refractivity contribution in [3.63, 3.8) is 0 Å². The fraction of sp³-hybridized carbons (Fsp3) is 0.560. The number of sulfonamides is 1. The summed E-state index contributed by atoms with van der Waals surface area (Å²) in [6.07, 6.45) is 1.25. The molecule has 204 valence electrons. The lowest BCUT2D eigenvalue weighted by Gasteiger charge is -2.44. The van der Waals surface area contributed by atoms with Crippen molar-refractivity contribution >= 4 is 32.8 Å². The zero-order chi connectivity index (χ0) is 27.0. The summed E-state index contributed by atoms with van der Waals surface area (Å²) in [4.78, 5) is 2.56. The Labute approximate surface area is 221 Å². The van der Waals surface area contributed by atoms with E-state index in [9.17, 15) is 26.7 Å². The lowest BCUT2D eigenvalue weighted by atomic mass is 9.94. The zero-order valence-corrected chi connectivity index (χ0v) is 22.4. The molecule has 1 aromatic carbocycles. The van der Waals surface area contributed by atoms with Gasteiger partial charge in [-0.2, -0.15) is 17.5 Å². The summed E-state index contributed by atoms with van der Waals surface area (Å²) in [5, 5.41) is 13.5. The minimum Gasteiger partial charge on any atom is -0.378 e. The lowest BCUT2D eigenvalue weighted by molar-refractivity contribution is -0.258. The van der Waals surface area contributed by atoms with Crippen LogP contribution < -0.4 is 10.2 Å². The van der Waals surface area contributed by atoms with E-state index in [4.69, 9.17) is 17.0 Å². The minimum absolute atomic E-state index is 0.0483. The molecule has 0 bridgehead atoms. The summed E-state index contributed by atoms with van der Waals surface area (Å²) in [6.45, 7) is 4.78. The first kappa shape index (κ1) is 28.2. The number of nitrogens with zero attached hydrogens (tertiary/aromatic N) is 2. The summed E-state index contributed by atoms with van der Waals surface area (Å²) in [6, 6.07) is 5.69. The van der Waals surface area contributed by atoms with Crippen LogP contribution in [-0.2, 0) is 20.4 Å². The third-order valence-corrected chi connectivity index (χ3v) is 9.59. The van der Waals surface area contributed by atoms with E-state index in [2.05, 4.69) is 5.32 Å². The largest absolute Gasteiger partial charge is 0.421 e. The molecule has 4 rings (SSSR count). The van der Waals surface area contributed by atoms with E-state index in [-0.39, 0.29) is 41.7 Å². The van der Waals surface area contributed by atoms with Gasteiger partial charge in [-0.25, -0.2) is 8.42 Å². The second-order valence-corrected chi connectivity index (χ2v) is 12.4. The van der Waals surface area contributed by atoms with Gasteiger partial charge >= 0.3 is 6.18 Å². The first-order valence-electron chi connectivity index (χ1n) is 12.2. The second-order valence-electron chi connectivity index (χ2n) is 9.95. The monoisotopic (exact) mass is 559 g/mol. The van der Waals surface area contributed by atoms with E-state index < -0.39 is 21.8 Å². The number of hydrogen-bond donors (Lipinski definition) is 2. The van der Waals surface area contributed by atoms with Crippen LogP contribution in [-0.4, -0.2) is 79.8 Å². The van der Waals surface area contributed by atoms with E-state index in [1.54, 1.807) is 18.2 Å². The SMILES string of the molecule is C[C@@H](C[C@H]1CN(S(=O)(=O)C2=CC=CCC2=S)CCN1c1ccc([C@](C)(O)C(F)(F)F)cc1)NC1COC1. The second kappa shape index (κ2) is 10.7. The molecule has 1 aliphatic carbocycles. The number of hydrogen-bond acceptors (Lipinski definition) is 7. The van der Waals surface area contributed by atoms with E-state index in [1.165, 1.54) is 22.5 Å². The molecule has 0 amide bonds. The molecule has 0 radical (unpaired) electrons. The molecule has 0 spiro atoms. The molecular formula is C25H32F3N3O4S2. The maximum Gasteiger partial charge on any atom is 0.421 e. The highest BCUT2D eigenvalue weighted by Gasteiger charge is 2.51. The highest BCUT2D eigenvalue weighted by molar-refractivity contribution is 7.96. The Morgan fingerprint density at radius 3 is 2.46 bits per heavy atom. The Bertz CT molecular complexity index is 1160. The van der Waals surface area contributed by atoms with Crippen molar-refractivity contribution < 1.29 is 31.4 Å². The van der Waals surface area contributed by atoms with Gasteiger partial charge in [0.05, 0.1) is 24.2 Å². The van der Waals surface area contributed by atoms with Gasteiger partial charge in [-0.3, -0.25) is 0 Å². The van der Waals surface area contributed by atoms with Crippen molar-refractivity contribution in [3.05, 3.63) is 53.0 Å². The topological polar surface area (TPSA) is 82.1 Å². The van der Waals surface area contributed by atoms with Crippen molar-refractivity contribution in [3.8, 4) is 0 Å². The number of rotatable bonds is 8. The first-order chi connectivity index (χ1) is 17.3. The molecule has 2 aliphatic heterocycles. The van der Waals surface area contributed by atoms with Crippen LogP contribution >= 0.6 is 12.2 Å². The molecule has 3 aliphatic rings. The van der Waals surface area contributed by atoms with Gasteiger partial charge in [0.2, 0.25) is 10.0 Å². The number of halogens is 3. The van der Waals surface area contributed by atoms with E-state index in [0.29, 0.717) is 43.2 Å². The quantitative estimate of drug-likeness (QED) is 0.474. The summed E-state index contributed by atoms with van der Waals surface area (Å²) in [7, 11) is -3.79. The molecule has 0 saturated carbocycles. The molecule has 0 aromatic heterocycles. The van der Waals surface area contributed by atoms with Gasteiger partial charge in [-0.05, 0) is 44.0 Å². The third kappa shape index (κ3) is 5.94. The summed E-state index contributed by atoms with van der Waals surface area (Å²) in [5.74, 6) is 0. The van der Waals surface area contributed by atoms with E-state index >= 15 is 0 Å². The van der Waals surface area contributed by atoms with Crippen molar-refractivity contribution in [2.24, 2.45) is 0 Å². The van der Waals surface area contributed by atoms with Crippen LogP contribution in [0.5, 0.6) is 0 Å². The molecule has 2 heterocycles. The number of piperazine rings is 1. The molecule has 12 heteroatoms. The van der Waals surface area contributed by atoms with Gasteiger partial charge in [0.15, 0.2) is 5.60 Å². The Kier molecular flexibility index (Phi) is 8.18. The van der Waals surface area contributed by atoms with Crippen molar-refractivity contribution in [1.82, 2.24) is 9.62 Å². The minimum atomic E-state index is -4.81. The van der Waals surface area contributed by atoms with Crippen LogP contribution in [0.1, 0.15) is 32.3 Å². The van der Waals surface area contributed by atoms with Gasteiger partial charge in [0.25, 0.3) is 0 Å². The van der Waals surface area contributed by atoms with Crippen molar-refractivity contribution in [2.45, 2.75) is 56.6 Å².